The molecule has 1 rings (SSSR count). The highest BCUT2D eigenvalue weighted by Gasteiger charge is 2.14. The van der Waals surface area contributed by atoms with E-state index in [4.69, 9.17) is 4.55 Å². The highest BCUT2D eigenvalue weighted by atomic mass is 32.2. The van der Waals surface area contributed by atoms with E-state index >= 15 is 0 Å². The summed E-state index contributed by atoms with van der Waals surface area (Å²) in [5, 5.41) is 16.2. The summed E-state index contributed by atoms with van der Waals surface area (Å²) in [6.07, 6.45) is 0. The van der Waals surface area contributed by atoms with Crippen molar-refractivity contribution in [3.63, 3.8) is 0 Å². The zero-order chi connectivity index (χ0) is 14.5. The van der Waals surface area contributed by atoms with Crippen molar-refractivity contribution >= 4 is 21.8 Å². The second-order valence-electron chi connectivity index (χ2n) is 3.32. The van der Waals surface area contributed by atoms with Crippen LogP contribution in [0.25, 0.3) is 0 Å². The third kappa shape index (κ3) is 4.97. The van der Waals surface area contributed by atoms with Gasteiger partial charge in [0.25, 0.3) is 10.1 Å². The lowest BCUT2D eigenvalue weighted by Crippen LogP contribution is -2.05. The number of benzene rings is 1. The molecule has 0 spiro atoms. The number of phenolic OH excluding ortho intramolecular Hbond substituents is 1. The minimum atomic E-state index is -4.13. The summed E-state index contributed by atoms with van der Waals surface area (Å²) in [5.74, 6) is -2.50. The third-order valence-corrected chi connectivity index (χ3v) is 2.60. The Labute approximate surface area is 107 Å². The summed E-state index contributed by atoms with van der Waals surface area (Å²) in [7, 11) is -4.13. The summed E-state index contributed by atoms with van der Waals surface area (Å²) >= 11 is 0. The molecule has 19 heavy (non-hydrogen) atoms. The SMILES string of the molecule is O=C(OF)c1cc(N=NCCS(=O)(=O)O)ccc1O. The molecule has 0 fully saturated rings. The van der Waals surface area contributed by atoms with Crippen molar-refractivity contribution in [3.05, 3.63) is 23.8 Å². The Morgan fingerprint density at radius 3 is 2.68 bits per heavy atom. The molecule has 0 saturated carbocycles. The molecule has 0 aromatic heterocycles. The summed E-state index contributed by atoms with van der Waals surface area (Å²) < 4.78 is 40.9. The first-order chi connectivity index (χ1) is 8.83. The number of carbonyl (C=O) groups is 1. The average Bonchev–Trinajstić information content (AvgIpc) is 2.34. The van der Waals surface area contributed by atoms with Crippen LogP contribution in [-0.4, -0.2) is 36.3 Å². The Hall–Kier alpha value is -2.07. The van der Waals surface area contributed by atoms with Gasteiger partial charge in [-0.05, 0) is 18.2 Å². The van der Waals surface area contributed by atoms with Crippen molar-refractivity contribution in [3.8, 4) is 5.75 Å². The van der Waals surface area contributed by atoms with E-state index in [1.807, 2.05) is 0 Å². The minimum absolute atomic E-state index is 0.0773. The fourth-order valence-electron chi connectivity index (χ4n) is 1.08. The Morgan fingerprint density at radius 2 is 2.11 bits per heavy atom. The molecule has 0 heterocycles. The molecule has 1 aromatic carbocycles. The Morgan fingerprint density at radius 1 is 1.42 bits per heavy atom. The monoisotopic (exact) mass is 292 g/mol. The minimum Gasteiger partial charge on any atom is -0.507 e. The maximum Gasteiger partial charge on any atom is 0.383 e. The van der Waals surface area contributed by atoms with Crippen molar-refractivity contribution in [2.24, 2.45) is 10.2 Å². The van der Waals surface area contributed by atoms with Gasteiger partial charge in [0.15, 0.2) is 0 Å². The van der Waals surface area contributed by atoms with Gasteiger partial charge in [0.2, 0.25) is 0 Å². The van der Waals surface area contributed by atoms with Gasteiger partial charge in [-0.25, -0.2) is 9.74 Å². The number of carbonyl (C=O) groups excluding carboxylic acids is 1. The van der Waals surface area contributed by atoms with Gasteiger partial charge < -0.3 is 5.11 Å². The van der Waals surface area contributed by atoms with Crippen molar-refractivity contribution in [1.82, 2.24) is 0 Å². The van der Waals surface area contributed by atoms with Gasteiger partial charge >= 0.3 is 5.97 Å². The molecule has 0 aliphatic rings. The highest BCUT2D eigenvalue weighted by Crippen LogP contribution is 2.24. The molecule has 0 radical (unpaired) electrons. The first-order valence-electron chi connectivity index (χ1n) is 4.82. The van der Waals surface area contributed by atoms with Crippen LogP contribution in [0.15, 0.2) is 28.4 Å². The lowest BCUT2D eigenvalue weighted by atomic mass is 10.2. The van der Waals surface area contributed by atoms with Crippen LogP contribution in [0, 0.1) is 0 Å². The fraction of sp³-hybridized carbons (Fsp3) is 0.222. The number of azo groups is 1. The zero-order valence-electron chi connectivity index (χ0n) is 9.35. The largest absolute Gasteiger partial charge is 0.507 e. The Balaban J connectivity index is 2.80. The van der Waals surface area contributed by atoms with E-state index in [1.165, 1.54) is 6.07 Å². The number of phenols is 1. The molecule has 0 unspecified atom stereocenters. The molecule has 0 bridgehead atoms. The quantitative estimate of drug-likeness (QED) is 0.624. The van der Waals surface area contributed by atoms with Crippen LogP contribution in [0.3, 0.4) is 0 Å². The number of aromatic hydroxyl groups is 1. The summed E-state index contributed by atoms with van der Waals surface area (Å²) in [6, 6.07) is 3.35. The van der Waals surface area contributed by atoms with E-state index in [1.54, 1.807) is 0 Å². The van der Waals surface area contributed by atoms with E-state index in [0.717, 1.165) is 12.1 Å². The van der Waals surface area contributed by atoms with Crippen LogP contribution in [0.5, 0.6) is 5.75 Å². The Kier molecular flexibility index (Phi) is 4.89. The van der Waals surface area contributed by atoms with E-state index in [-0.39, 0.29) is 12.2 Å². The molecule has 10 heteroatoms. The van der Waals surface area contributed by atoms with Crippen LogP contribution in [0.2, 0.25) is 0 Å². The van der Waals surface area contributed by atoms with Crippen molar-refractivity contribution < 1.29 is 32.3 Å². The molecule has 0 amide bonds. The van der Waals surface area contributed by atoms with Crippen molar-refractivity contribution in [2.45, 2.75) is 0 Å². The van der Waals surface area contributed by atoms with E-state index in [9.17, 15) is 22.8 Å². The number of nitrogens with zero attached hydrogens (tertiary/aromatic N) is 2. The standard InChI is InChI=1S/C9H9FN2O6S/c10-18-9(14)7-5-6(1-2-8(7)13)12-11-3-4-19(15,16)17/h1-2,5,13H,3-4H2,(H,15,16,17). The van der Waals surface area contributed by atoms with E-state index in [0.29, 0.717) is 0 Å². The lowest BCUT2D eigenvalue weighted by molar-refractivity contribution is -0.0789. The van der Waals surface area contributed by atoms with Crippen LogP contribution in [-0.2, 0) is 15.1 Å². The molecule has 0 aliphatic carbocycles. The van der Waals surface area contributed by atoms with Gasteiger partial charge in [-0.15, -0.1) is 0 Å². The first-order valence-corrected chi connectivity index (χ1v) is 6.43. The number of hydrogen-bond donors (Lipinski definition) is 2. The maximum absolute atomic E-state index is 11.7. The van der Waals surface area contributed by atoms with Gasteiger partial charge in [0, 0.05) is 4.53 Å². The van der Waals surface area contributed by atoms with Gasteiger partial charge in [-0.1, -0.05) is 0 Å². The van der Waals surface area contributed by atoms with Gasteiger partial charge in [-0.3, -0.25) is 4.55 Å². The molecule has 2 N–H and O–H groups in total. The lowest BCUT2D eigenvalue weighted by Gasteiger charge is -2.00. The van der Waals surface area contributed by atoms with Crippen LogP contribution in [0.1, 0.15) is 10.4 Å². The molecular weight excluding hydrogens is 283 g/mol. The van der Waals surface area contributed by atoms with Gasteiger partial charge in [0.05, 0.1) is 18.0 Å². The Bertz CT molecular complexity index is 601. The molecule has 8 nitrogen and oxygen atoms in total. The van der Waals surface area contributed by atoms with Crippen LogP contribution < -0.4 is 0 Å². The van der Waals surface area contributed by atoms with Gasteiger partial charge in [-0.2, -0.15) is 18.6 Å². The summed E-state index contributed by atoms with van der Waals surface area (Å²) in [5.41, 5.74) is -0.373. The second kappa shape index (κ2) is 6.20. The predicted molar refractivity (Wildman–Crippen MR) is 60.4 cm³/mol. The number of halogens is 1. The molecule has 0 saturated heterocycles. The fourth-order valence-corrected chi connectivity index (χ4v) is 1.39. The molecular formula is C9H9FN2O6S. The third-order valence-electron chi connectivity index (χ3n) is 1.91. The highest BCUT2D eigenvalue weighted by molar-refractivity contribution is 7.85. The number of rotatable bonds is 5. The molecule has 104 valence electrons. The van der Waals surface area contributed by atoms with Gasteiger partial charge in [0.1, 0.15) is 11.3 Å². The topological polar surface area (TPSA) is 126 Å². The maximum atomic E-state index is 11.7. The summed E-state index contributed by atoms with van der Waals surface area (Å²) in [6.45, 7) is -0.289. The van der Waals surface area contributed by atoms with Crippen LogP contribution >= 0.6 is 0 Å². The van der Waals surface area contributed by atoms with E-state index in [2.05, 4.69) is 15.2 Å². The van der Waals surface area contributed by atoms with Crippen LogP contribution in [0.4, 0.5) is 10.2 Å². The first kappa shape index (κ1) is 15.0. The smallest absolute Gasteiger partial charge is 0.383 e. The van der Waals surface area contributed by atoms with Crippen molar-refractivity contribution in [1.29, 1.82) is 0 Å². The zero-order valence-corrected chi connectivity index (χ0v) is 10.2. The summed E-state index contributed by atoms with van der Waals surface area (Å²) in [4.78, 5) is 13.9. The molecule has 0 aliphatic heterocycles. The normalized spacial score (nSPS) is 11.7. The number of hydrogen-bond acceptors (Lipinski definition) is 7. The second-order valence-corrected chi connectivity index (χ2v) is 4.89. The predicted octanol–water partition coefficient (Wildman–Crippen LogP) is 1.41. The molecule has 1 aromatic rings. The van der Waals surface area contributed by atoms with Crippen molar-refractivity contribution in [2.75, 3.05) is 12.3 Å². The average molecular weight is 292 g/mol. The van der Waals surface area contributed by atoms with E-state index < -0.39 is 33.2 Å². The molecule has 0 atom stereocenters.